The molecule has 0 amide bonds. The quantitative estimate of drug-likeness (QED) is 0.634. The van der Waals surface area contributed by atoms with E-state index in [1.165, 1.54) is 0 Å². The molecule has 0 unspecified atom stereocenters. The van der Waals surface area contributed by atoms with Crippen molar-refractivity contribution in [3.05, 3.63) is 47.3 Å². The monoisotopic (exact) mass is 380 g/mol. The fraction of sp³-hybridized carbons (Fsp3) is 0.381. The highest BCUT2D eigenvalue weighted by Crippen LogP contribution is 2.28. The van der Waals surface area contributed by atoms with Crippen molar-refractivity contribution >= 4 is 22.6 Å². The molecule has 146 valence electrons. The van der Waals surface area contributed by atoms with Crippen molar-refractivity contribution in [2.75, 3.05) is 37.8 Å². The molecule has 1 saturated heterocycles. The zero-order chi connectivity index (χ0) is 19.7. The van der Waals surface area contributed by atoms with Gasteiger partial charge in [-0.3, -0.25) is 4.79 Å². The number of ketones is 1. The lowest BCUT2D eigenvalue weighted by atomic mass is 10.1. The van der Waals surface area contributed by atoms with Crippen LogP contribution in [0.1, 0.15) is 21.7 Å². The highest BCUT2D eigenvalue weighted by atomic mass is 16.5. The maximum absolute atomic E-state index is 12.7. The van der Waals surface area contributed by atoms with Gasteiger partial charge in [0.2, 0.25) is 5.78 Å². The Morgan fingerprint density at radius 3 is 2.46 bits per heavy atom. The molecule has 0 saturated carbocycles. The van der Waals surface area contributed by atoms with Crippen molar-refractivity contribution in [1.29, 1.82) is 0 Å². The summed E-state index contributed by atoms with van der Waals surface area (Å²) in [7, 11) is 1.95. The minimum Gasteiger partial charge on any atom is -0.467 e. The molecule has 0 radical (unpaired) electrons. The number of carbonyl (C=O) groups excluding carboxylic acids is 1. The first-order valence-electron chi connectivity index (χ1n) is 9.43. The van der Waals surface area contributed by atoms with Crippen LogP contribution in [-0.2, 0) is 11.8 Å². The number of benzene rings is 1. The third-order valence-corrected chi connectivity index (χ3v) is 5.25. The summed E-state index contributed by atoms with van der Waals surface area (Å²) < 4.78 is 13.4. The van der Waals surface area contributed by atoms with Crippen molar-refractivity contribution in [2.45, 2.75) is 13.8 Å². The molecule has 28 heavy (non-hydrogen) atoms. The van der Waals surface area contributed by atoms with E-state index >= 15 is 0 Å². The van der Waals surface area contributed by atoms with Gasteiger partial charge in [-0.2, -0.15) is 0 Å². The van der Waals surface area contributed by atoms with Gasteiger partial charge in [-0.25, -0.2) is 9.97 Å². The Balaban J connectivity index is 1.62. The van der Waals surface area contributed by atoms with Crippen molar-refractivity contribution in [3.63, 3.8) is 0 Å². The number of aryl methyl sites for hydroxylation is 1. The number of para-hydroxylation sites is 2. The fourth-order valence-corrected chi connectivity index (χ4v) is 3.40. The smallest absolute Gasteiger partial charge is 0.258 e. The predicted molar refractivity (Wildman–Crippen MR) is 107 cm³/mol. The van der Waals surface area contributed by atoms with Crippen LogP contribution in [0.2, 0.25) is 0 Å². The van der Waals surface area contributed by atoms with Gasteiger partial charge in [0.1, 0.15) is 0 Å². The van der Waals surface area contributed by atoms with Crippen molar-refractivity contribution < 1.29 is 14.3 Å². The number of aromatic nitrogens is 3. The zero-order valence-corrected chi connectivity index (χ0v) is 16.4. The van der Waals surface area contributed by atoms with E-state index < -0.39 is 0 Å². The van der Waals surface area contributed by atoms with Gasteiger partial charge in [0.25, 0.3) is 5.88 Å². The molecule has 1 fully saturated rings. The van der Waals surface area contributed by atoms with E-state index in [1.54, 1.807) is 0 Å². The van der Waals surface area contributed by atoms with Crippen LogP contribution in [0.25, 0.3) is 11.0 Å². The largest absolute Gasteiger partial charge is 0.467 e. The van der Waals surface area contributed by atoms with E-state index in [1.807, 2.05) is 55.8 Å². The highest BCUT2D eigenvalue weighted by molar-refractivity contribution is 5.98. The molecular formula is C21H24N4O3. The molecule has 2 aromatic heterocycles. The van der Waals surface area contributed by atoms with E-state index in [9.17, 15) is 4.79 Å². The number of hydrogen-bond acceptors (Lipinski definition) is 6. The highest BCUT2D eigenvalue weighted by Gasteiger charge is 2.21. The minimum atomic E-state index is -0.0747. The molecule has 0 bridgehead atoms. The molecule has 7 nitrogen and oxygen atoms in total. The molecule has 3 aromatic rings. The molecule has 3 heterocycles. The second-order valence-corrected chi connectivity index (χ2v) is 7.00. The van der Waals surface area contributed by atoms with Crippen molar-refractivity contribution in [3.8, 4) is 5.88 Å². The first-order chi connectivity index (χ1) is 13.5. The Hall–Kier alpha value is -2.93. The van der Waals surface area contributed by atoms with Crippen LogP contribution in [0.15, 0.2) is 30.3 Å². The average Bonchev–Trinajstić information content (AvgIpc) is 2.99. The summed E-state index contributed by atoms with van der Waals surface area (Å²) in [6.45, 7) is 6.55. The molecule has 4 rings (SSSR count). The van der Waals surface area contributed by atoms with Crippen LogP contribution in [0, 0.1) is 13.8 Å². The van der Waals surface area contributed by atoms with Gasteiger partial charge < -0.3 is 18.9 Å². The molecule has 0 aliphatic carbocycles. The van der Waals surface area contributed by atoms with Crippen molar-refractivity contribution in [1.82, 2.24) is 14.5 Å². The standard InChI is InChI=1S/C21H24N4O3/c1-14-12-16(15(2)24(14)3)19(26)13-28-21-20(25-8-10-27-11-9-25)22-17-6-4-5-7-18(17)23-21/h4-7,12H,8-11,13H2,1-3H3. The minimum absolute atomic E-state index is 0.0657. The van der Waals surface area contributed by atoms with E-state index in [-0.39, 0.29) is 12.4 Å². The number of anilines is 1. The lowest BCUT2D eigenvalue weighted by Gasteiger charge is -2.28. The second-order valence-electron chi connectivity index (χ2n) is 7.00. The molecule has 7 heteroatoms. The van der Waals surface area contributed by atoms with Crippen LogP contribution < -0.4 is 9.64 Å². The average molecular weight is 380 g/mol. The number of carbonyl (C=O) groups is 1. The number of nitrogens with zero attached hydrogens (tertiary/aromatic N) is 4. The summed E-state index contributed by atoms with van der Waals surface area (Å²) >= 11 is 0. The summed E-state index contributed by atoms with van der Waals surface area (Å²) in [5.41, 5.74) is 4.21. The van der Waals surface area contributed by atoms with Gasteiger partial charge >= 0.3 is 0 Å². The Labute approximate surface area is 163 Å². The maximum Gasteiger partial charge on any atom is 0.258 e. The van der Waals surface area contributed by atoms with Crippen LogP contribution >= 0.6 is 0 Å². The van der Waals surface area contributed by atoms with Crippen LogP contribution in [0.3, 0.4) is 0 Å². The summed E-state index contributed by atoms with van der Waals surface area (Å²) in [5, 5.41) is 0. The van der Waals surface area contributed by atoms with Crippen LogP contribution in [0.4, 0.5) is 5.82 Å². The zero-order valence-electron chi connectivity index (χ0n) is 16.4. The SMILES string of the molecule is Cc1cc(C(=O)COc2nc3ccccc3nc2N2CCOCC2)c(C)n1C. The maximum atomic E-state index is 12.7. The molecule has 0 atom stereocenters. The molecule has 0 N–H and O–H groups in total. The van der Waals surface area contributed by atoms with Gasteiger partial charge in [0, 0.05) is 37.1 Å². The molecular weight excluding hydrogens is 356 g/mol. The molecule has 0 spiro atoms. The third kappa shape index (κ3) is 3.45. The number of morpholine rings is 1. The predicted octanol–water partition coefficient (Wildman–Crippen LogP) is 2.68. The van der Waals surface area contributed by atoms with Gasteiger partial charge in [0.15, 0.2) is 12.4 Å². The van der Waals surface area contributed by atoms with E-state index in [0.29, 0.717) is 43.6 Å². The van der Waals surface area contributed by atoms with E-state index in [0.717, 1.165) is 22.4 Å². The van der Waals surface area contributed by atoms with Crippen LogP contribution in [0.5, 0.6) is 5.88 Å². The summed E-state index contributed by atoms with van der Waals surface area (Å²) in [5.74, 6) is 0.985. The first kappa shape index (κ1) is 18.4. The van der Waals surface area contributed by atoms with Crippen LogP contribution in [-0.4, -0.2) is 53.2 Å². The number of ether oxygens (including phenoxy) is 2. The summed E-state index contributed by atoms with van der Waals surface area (Å²) in [6.07, 6.45) is 0. The third-order valence-electron chi connectivity index (χ3n) is 5.25. The van der Waals surface area contributed by atoms with Gasteiger partial charge in [-0.05, 0) is 32.0 Å². The first-order valence-corrected chi connectivity index (χ1v) is 9.43. The van der Waals surface area contributed by atoms with Crippen molar-refractivity contribution in [2.24, 2.45) is 7.05 Å². The van der Waals surface area contributed by atoms with Gasteiger partial charge in [-0.15, -0.1) is 0 Å². The Kier molecular flexibility index (Phi) is 5.00. The molecule has 1 aliphatic rings. The molecule has 1 aliphatic heterocycles. The number of Topliss-reactive ketones (excluding diaryl/α,β-unsaturated/α-hetero) is 1. The fourth-order valence-electron chi connectivity index (χ4n) is 3.40. The van der Waals surface area contributed by atoms with E-state index in [4.69, 9.17) is 14.5 Å². The lowest BCUT2D eigenvalue weighted by Crippen LogP contribution is -2.37. The van der Waals surface area contributed by atoms with Gasteiger partial charge in [0.05, 0.1) is 24.2 Å². The Morgan fingerprint density at radius 2 is 1.82 bits per heavy atom. The lowest BCUT2D eigenvalue weighted by molar-refractivity contribution is 0.0916. The molecule has 1 aromatic carbocycles. The number of fused-ring (bicyclic) bond motifs is 1. The second kappa shape index (κ2) is 7.59. The summed E-state index contributed by atoms with van der Waals surface area (Å²) in [4.78, 5) is 24.2. The summed E-state index contributed by atoms with van der Waals surface area (Å²) in [6, 6.07) is 9.57. The Morgan fingerprint density at radius 1 is 1.14 bits per heavy atom. The van der Waals surface area contributed by atoms with E-state index in [2.05, 4.69) is 9.88 Å². The topological polar surface area (TPSA) is 69.5 Å². The normalized spacial score (nSPS) is 14.5. The number of hydrogen-bond donors (Lipinski definition) is 0. The van der Waals surface area contributed by atoms with Gasteiger partial charge in [-0.1, -0.05) is 12.1 Å². The Bertz CT molecular complexity index is 1020. The number of rotatable bonds is 5.